The summed E-state index contributed by atoms with van der Waals surface area (Å²) in [7, 11) is 1.75. The van der Waals surface area contributed by atoms with Crippen LogP contribution in [0.3, 0.4) is 0 Å². The lowest BCUT2D eigenvalue weighted by Crippen LogP contribution is -2.46. The Balaban J connectivity index is 1.83. The average Bonchev–Trinajstić information content (AvgIpc) is 2.41. The maximum Gasteiger partial charge on any atom is 0.225 e. The third-order valence-electron chi connectivity index (χ3n) is 4.84. The third-order valence-corrected chi connectivity index (χ3v) is 4.84. The zero-order valence-electron chi connectivity index (χ0n) is 12.4. The van der Waals surface area contributed by atoms with Crippen molar-refractivity contribution < 1.29 is 9.53 Å². The van der Waals surface area contributed by atoms with E-state index < -0.39 is 0 Å². The number of amides is 1. The van der Waals surface area contributed by atoms with Gasteiger partial charge in [0.2, 0.25) is 5.91 Å². The average molecular weight is 268 g/mol. The Bertz CT molecular complexity index is 291. The first-order valence-electron chi connectivity index (χ1n) is 7.73. The molecule has 19 heavy (non-hydrogen) atoms. The largest absolute Gasteiger partial charge is 0.378 e. The lowest BCUT2D eigenvalue weighted by Gasteiger charge is -2.41. The molecule has 0 aromatic carbocycles. The molecule has 110 valence electrons. The molecule has 2 aliphatic rings. The van der Waals surface area contributed by atoms with E-state index in [-0.39, 0.29) is 11.5 Å². The Morgan fingerprint density at radius 1 is 1.37 bits per heavy atom. The molecule has 0 radical (unpaired) electrons. The van der Waals surface area contributed by atoms with Gasteiger partial charge in [-0.25, -0.2) is 0 Å². The van der Waals surface area contributed by atoms with Crippen molar-refractivity contribution in [1.82, 2.24) is 10.2 Å². The number of nitrogens with zero attached hydrogens (tertiary/aromatic N) is 1. The lowest BCUT2D eigenvalue weighted by atomic mass is 9.77. The minimum atomic E-state index is -0.140. The number of rotatable bonds is 6. The van der Waals surface area contributed by atoms with Crippen molar-refractivity contribution in [2.45, 2.75) is 51.0 Å². The van der Waals surface area contributed by atoms with Crippen LogP contribution >= 0.6 is 0 Å². The summed E-state index contributed by atoms with van der Waals surface area (Å²) in [6.07, 6.45) is 6.24. The summed E-state index contributed by atoms with van der Waals surface area (Å²) >= 11 is 0. The summed E-state index contributed by atoms with van der Waals surface area (Å²) in [5.74, 6) is 0.951. The molecule has 4 heteroatoms. The Labute approximate surface area is 116 Å². The van der Waals surface area contributed by atoms with Crippen molar-refractivity contribution in [3.63, 3.8) is 0 Å². The first-order valence-corrected chi connectivity index (χ1v) is 7.73. The second-order valence-corrected chi connectivity index (χ2v) is 6.04. The molecule has 1 aliphatic heterocycles. The van der Waals surface area contributed by atoms with Crippen LogP contribution in [0.2, 0.25) is 0 Å². The fourth-order valence-electron chi connectivity index (χ4n) is 3.19. The van der Waals surface area contributed by atoms with Gasteiger partial charge in [0.05, 0.1) is 12.0 Å². The fourth-order valence-corrected chi connectivity index (χ4v) is 3.19. The van der Waals surface area contributed by atoms with Crippen LogP contribution in [0.4, 0.5) is 0 Å². The number of carbonyl (C=O) groups excluding carboxylic acids is 1. The molecule has 1 N–H and O–H groups in total. The van der Waals surface area contributed by atoms with Crippen LogP contribution in [-0.2, 0) is 9.53 Å². The minimum Gasteiger partial charge on any atom is -0.378 e. The summed E-state index contributed by atoms with van der Waals surface area (Å²) < 4.78 is 5.57. The molecule has 2 rings (SSSR count). The molecule has 0 aromatic heterocycles. The first-order chi connectivity index (χ1) is 9.19. The van der Waals surface area contributed by atoms with Crippen LogP contribution in [-0.4, -0.2) is 49.7 Å². The highest BCUT2D eigenvalue weighted by atomic mass is 16.5. The van der Waals surface area contributed by atoms with Crippen LogP contribution in [0.5, 0.6) is 0 Å². The van der Waals surface area contributed by atoms with Crippen molar-refractivity contribution in [2.24, 2.45) is 5.92 Å². The van der Waals surface area contributed by atoms with Gasteiger partial charge in [-0.2, -0.15) is 0 Å². The van der Waals surface area contributed by atoms with Crippen LogP contribution in [0.15, 0.2) is 0 Å². The number of piperidine rings is 1. The molecule has 0 unspecified atom stereocenters. The standard InChI is InChI=1S/C15H28N2O2/c1-3-17(12-13-5-9-16-10-6-13)14(18)11-15(19-2)7-4-8-15/h13,16H,3-12H2,1-2H3. The summed E-state index contributed by atoms with van der Waals surface area (Å²) in [5, 5.41) is 3.38. The van der Waals surface area contributed by atoms with E-state index in [1.165, 1.54) is 19.3 Å². The van der Waals surface area contributed by atoms with Gasteiger partial charge < -0.3 is 15.0 Å². The number of ether oxygens (including phenoxy) is 1. The Morgan fingerprint density at radius 2 is 2.05 bits per heavy atom. The summed E-state index contributed by atoms with van der Waals surface area (Å²) in [5.41, 5.74) is -0.140. The summed E-state index contributed by atoms with van der Waals surface area (Å²) in [6.45, 7) is 6.02. The minimum absolute atomic E-state index is 0.140. The highest BCUT2D eigenvalue weighted by Gasteiger charge is 2.40. The van der Waals surface area contributed by atoms with E-state index in [0.717, 1.165) is 39.0 Å². The highest BCUT2D eigenvalue weighted by molar-refractivity contribution is 5.77. The van der Waals surface area contributed by atoms with E-state index in [0.29, 0.717) is 12.3 Å². The van der Waals surface area contributed by atoms with E-state index in [1.807, 2.05) is 4.90 Å². The van der Waals surface area contributed by atoms with E-state index in [9.17, 15) is 4.79 Å². The van der Waals surface area contributed by atoms with Gasteiger partial charge in [0, 0.05) is 20.2 Å². The van der Waals surface area contributed by atoms with E-state index in [1.54, 1.807) is 7.11 Å². The number of hydrogen-bond acceptors (Lipinski definition) is 3. The summed E-state index contributed by atoms with van der Waals surface area (Å²) in [6, 6.07) is 0. The van der Waals surface area contributed by atoms with E-state index in [4.69, 9.17) is 4.74 Å². The topological polar surface area (TPSA) is 41.6 Å². The number of nitrogens with one attached hydrogen (secondary N) is 1. The van der Waals surface area contributed by atoms with Crippen molar-refractivity contribution >= 4 is 5.91 Å². The Hall–Kier alpha value is -0.610. The molecule has 1 saturated heterocycles. The molecule has 1 saturated carbocycles. The number of hydrogen-bond donors (Lipinski definition) is 1. The molecule has 1 aliphatic carbocycles. The van der Waals surface area contributed by atoms with Gasteiger partial charge in [-0.15, -0.1) is 0 Å². The van der Waals surface area contributed by atoms with Crippen molar-refractivity contribution in [2.75, 3.05) is 33.3 Å². The Morgan fingerprint density at radius 3 is 2.53 bits per heavy atom. The number of methoxy groups -OCH3 is 1. The predicted molar refractivity (Wildman–Crippen MR) is 76.1 cm³/mol. The highest BCUT2D eigenvalue weighted by Crippen LogP contribution is 2.38. The van der Waals surface area contributed by atoms with Gasteiger partial charge in [0.1, 0.15) is 0 Å². The molecule has 0 bridgehead atoms. The second-order valence-electron chi connectivity index (χ2n) is 6.04. The van der Waals surface area contributed by atoms with Gasteiger partial charge in [-0.3, -0.25) is 4.79 Å². The van der Waals surface area contributed by atoms with Crippen LogP contribution < -0.4 is 5.32 Å². The maximum atomic E-state index is 12.4. The maximum absolute atomic E-state index is 12.4. The zero-order valence-corrected chi connectivity index (χ0v) is 12.4. The molecular formula is C15H28N2O2. The van der Waals surface area contributed by atoms with E-state index in [2.05, 4.69) is 12.2 Å². The molecular weight excluding hydrogens is 240 g/mol. The molecule has 0 spiro atoms. The van der Waals surface area contributed by atoms with Crippen molar-refractivity contribution in [3.8, 4) is 0 Å². The van der Waals surface area contributed by atoms with Crippen LogP contribution in [0.25, 0.3) is 0 Å². The second kappa shape index (κ2) is 6.71. The quantitative estimate of drug-likeness (QED) is 0.798. The van der Waals surface area contributed by atoms with Gasteiger partial charge in [0.25, 0.3) is 0 Å². The zero-order chi connectivity index (χ0) is 13.7. The van der Waals surface area contributed by atoms with Gasteiger partial charge >= 0.3 is 0 Å². The first kappa shape index (κ1) is 14.8. The van der Waals surface area contributed by atoms with Crippen LogP contribution in [0.1, 0.15) is 45.4 Å². The monoisotopic (exact) mass is 268 g/mol. The lowest BCUT2D eigenvalue weighted by molar-refractivity contribution is -0.144. The van der Waals surface area contributed by atoms with Gasteiger partial charge in [0.15, 0.2) is 0 Å². The molecule has 4 nitrogen and oxygen atoms in total. The molecule has 1 heterocycles. The fraction of sp³-hybridized carbons (Fsp3) is 0.933. The molecule has 1 amide bonds. The molecule has 0 atom stereocenters. The SMILES string of the molecule is CCN(CC1CCNCC1)C(=O)CC1(OC)CCC1. The number of carbonyl (C=O) groups is 1. The predicted octanol–water partition coefficient (Wildman–Crippen LogP) is 1.79. The van der Waals surface area contributed by atoms with Gasteiger partial charge in [-0.1, -0.05) is 0 Å². The Kier molecular flexibility index (Phi) is 5.22. The molecule has 2 fully saturated rings. The van der Waals surface area contributed by atoms with Crippen molar-refractivity contribution in [1.29, 1.82) is 0 Å². The van der Waals surface area contributed by atoms with Crippen LogP contribution in [0, 0.1) is 5.92 Å². The third kappa shape index (κ3) is 3.69. The van der Waals surface area contributed by atoms with E-state index >= 15 is 0 Å². The van der Waals surface area contributed by atoms with Gasteiger partial charge in [-0.05, 0) is 58.0 Å². The normalized spacial score (nSPS) is 22.8. The summed E-state index contributed by atoms with van der Waals surface area (Å²) in [4.78, 5) is 14.5. The smallest absolute Gasteiger partial charge is 0.225 e. The van der Waals surface area contributed by atoms with Crippen molar-refractivity contribution in [3.05, 3.63) is 0 Å². The molecule has 0 aromatic rings.